The predicted octanol–water partition coefficient (Wildman–Crippen LogP) is 3.69. The molecular weight excluding hydrogens is 222 g/mol. The number of pyridine rings is 1. The first-order valence-electron chi connectivity index (χ1n) is 6.01. The topological polar surface area (TPSA) is 29.3 Å². The molecule has 90 valence electrons. The van der Waals surface area contributed by atoms with E-state index in [-0.39, 0.29) is 0 Å². The van der Waals surface area contributed by atoms with E-state index in [1.807, 2.05) is 31.3 Å². The molecule has 0 aliphatic rings. The maximum atomic E-state index is 4.53. The molecule has 3 heteroatoms. The summed E-state index contributed by atoms with van der Waals surface area (Å²) in [5, 5.41) is 3.44. The highest BCUT2D eigenvalue weighted by Crippen LogP contribution is 2.22. The number of benzene rings is 1. The molecule has 0 amide bonds. The van der Waals surface area contributed by atoms with E-state index in [0.29, 0.717) is 0 Å². The molecule has 0 fully saturated rings. The number of aryl methyl sites for hydroxylation is 2. The molecule has 3 aromatic rings. The Hall–Kier alpha value is -2.29. The van der Waals surface area contributed by atoms with Crippen molar-refractivity contribution in [2.45, 2.75) is 13.8 Å². The third kappa shape index (κ3) is 1.84. The van der Waals surface area contributed by atoms with Crippen molar-refractivity contribution >= 4 is 17.2 Å². The number of hydrogen-bond acceptors (Lipinski definition) is 2. The number of imidazole rings is 1. The first-order chi connectivity index (χ1) is 8.74. The molecule has 1 aromatic carbocycles. The Bertz CT molecular complexity index is 698. The number of aromatic nitrogens is 2. The van der Waals surface area contributed by atoms with Crippen LogP contribution in [0.1, 0.15) is 11.3 Å². The average molecular weight is 237 g/mol. The van der Waals surface area contributed by atoms with Gasteiger partial charge in [0, 0.05) is 11.9 Å². The van der Waals surface area contributed by atoms with Gasteiger partial charge in [-0.2, -0.15) is 0 Å². The van der Waals surface area contributed by atoms with Crippen LogP contribution >= 0.6 is 0 Å². The zero-order valence-electron chi connectivity index (χ0n) is 10.5. The Kier molecular flexibility index (Phi) is 2.52. The van der Waals surface area contributed by atoms with Crippen molar-refractivity contribution in [3.05, 3.63) is 59.9 Å². The van der Waals surface area contributed by atoms with Gasteiger partial charge in [0.15, 0.2) is 0 Å². The van der Waals surface area contributed by atoms with E-state index in [2.05, 4.69) is 45.9 Å². The number of nitrogens with zero attached hydrogens (tertiary/aromatic N) is 2. The van der Waals surface area contributed by atoms with E-state index >= 15 is 0 Å². The number of rotatable bonds is 2. The Morgan fingerprint density at radius 1 is 1.06 bits per heavy atom. The van der Waals surface area contributed by atoms with E-state index in [4.69, 9.17) is 0 Å². The summed E-state index contributed by atoms with van der Waals surface area (Å²) in [5.41, 5.74) is 4.29. The van der Waals surface area contributed by atoms with Crippen molar-refractivity contribution < 1.29 is 0 Å². The molecule has 0 spiro atoms. The third-order valence-electron chi connectivity index (χ3n) is 2.99. The number of fused-ring (bicyclic) bond motifs is 1. The van der Waals surface area contributed by atoms with E-state index in [9.17, 15) is 0 Å². The first kappa shape index (κ1) is 10.8. The first-order valence-corrected chi connectivity index (χ1v) is 6.01. The molecule has 18 heavy (non-hydrogen) atoms. The molecule has 0 aliphatic carbocycles. The van der Waals surface area contributed by atoms with Crippen LogP contribution in [0.15, 0.2) is 48.7 Å². The van der Waals surface area contributed by atoms with Crippen molar-refractivity contribution in [2.75, 3.05) is 5.32 Å². The number of nitrogens with one attached hydrogen (secondary N) is 1. The van der Waals surface area contributed by atoms with Gasteiger partial charge in [0.05, 0.1) is 5.69 Å². The Morgan fingerprint density at radius 2 is 1.94 bits per heavy atom. The van der Waals surface area contributed by atoms with Gasteiger partial charge in [0.2, 0.25) is 0 Å². The van der Waals surface area contributed by atoms with Gasteiger partial charge in [-0.25, -0.2) is 4.98 Å². The molecule has 3 rings (SSSR count). The van der Waals surface area contributed by atoms with Crippen LogP contribution in [0.3, 0.4) is 0 Å². The highest BCUT2D eigenvalue weighted by molar-refractivity contribution is 5.63. The van der Waals surface area contributed by atoms with E-state index in [1.54, 1.807) is 0 Å². The second-order valence-corrected chi connectivity index (χ2v) is 4.47. The standard InChI is InChI=1S/C15H15N3/c1-11-6-5-7-13(10-11)17-15-12(2)16-14-8-3-4-9-18(14)15/h3-10,17H,1-2H3. The van der Waals surface area contributed by atoms with Crippen LogP contribution in [0, 0.1) is 13.8 Å². The van der Waals surface area contributed by atoms with E-state index in [0.717, 1.165) is 22.8 Å². The fourth-order valence-corrected chi connectivity index (χ4v) is 2.12. The molecule has 0 bridgehead atoms. The van der Waals surface area contributed by atoms with E-state index in [1.165, 1.54) is 5.56 Å². The van der Waals surface area contributed by atoms with E-state index < -0.39 is 0 Å². The number of anilines is 2. The molecule has 3 nitrogen and oxygen atoms in total. The zero-order valence-corrected chi connectivity index (χ0v) is 10.5. The van der Waals surface area contributed by atoms with Gasteiger partial charge in [0.25, 0.3) is 0 Å². The summed E-state index contributed by atoms with van der Waals surface area (Å²) in [6.07, 6.45) is 2.02. The lowest BCUT2D eigenvalue weighted by atomic mass is 10.2. The fourth-order valence-electron chi connectivity index (χ4n) is 2.12. The summed E-state index contributed by atoms with van der Waals surface area (Å²) in [6.45, 7) is 4.11. The minimum Gasteiger partial charge on any atom is -0.340 e. The van der Waals surface area contributed by atoms with Crippen LogP contribution in [0.2, 0.25) is 0 Å². The molecule has 2 heterocycles. The monoisotopic (exact) mass is 237 g/mol. The molecule has 0 unspecified atom stereocenters. The summed E-state index contributed by atoms with van der Waals surface area (Å²) in [4.78, 5) is 4.53. The lowest BCUT2D eigenvalue weighted by Crippen LogP contribution is -1.96. The Morgan fingerprint density at radius 3 is 2.78 bits per heavy atom. The fraction of sp³-hybridized carbons (Fsp3) is 0.133. The van der Waals surface area contributed by atoms with Crippen molar-refractivity contribution in [1.82, 2.24) is 9.38 Å². The van der Waals surface area contributed by atoms with Gasteiger partial charge in [-0.15, -0.1) is 0 Å². The summed E-state index contributed by atoms with van der Waals surface area (Å²) < 4.78 is 2.07. The van der Waals surface area contributed by atoms with Crippen molar-refractivity contribution in [2.24, 2.45) is 0 Å². The molecular formula is C15H15N3. The Labute approximate surface area is 106 Å². The largest absolute Gasteiger partial charge is 0.340 e. The minimum absolute atomic E-state index is 0.963. The lowest BCUT2D eigenvalue weighted by Gasteiger charge is -2.07. The molecule has 2 aromatic heterocycles. The molecule has 0 radical (unpaired) electrons. The summed E-state index contributed by atoms with van der Waals surface area (Å²) in [5.74, 6) is 1.02. The van der Waals surface area contributed by atoms with Crippen molar-refractivity contribution in [3.8, 4) is 0 Å². The smallest absolute Gasteiger partial charge is 0.138 e. The quantitative estimate of drug-likeness (QED) is 0.736. The Balaban J connectivity index is 2.07. The van der Waals surface area contributed by atoms with Crippen LogP contribution in [0.4, 0.5) is 11.5 Å². The molecule has 1 N–H and O–H groups in total. The van der Waals surface area contributed by atoms with Gasteiger partial charge in [-0.1, -0.05) is 18.2 Å². The zero-order chi connectivity index (χ0) is 12.5. The van der Waals surface area contributed by atoms with Crippen LogP contribution in [0.25, 0.3) is 5.65 Å². The second kappa shape index (κ2) is 4.18. The van der Waals surface area contributed by atoms with Gasteiger partial charge < -0.3 is 5.32 Å². The molecule has 0 aliphatic heterocycles. The number of hydrogen-bond donors (Lipinski definition) is 1. The van der Waals surface area contributed by atoms with Crippen molar-refractivity contribution in [3.63, 3.8) is 0 Å². The van der Waals surface area contributed by atoms with Crippen LogP contribution in [-0.2, 0) is 0 Å². The van der Waals surface area contributed by atoms with Gasteiger partial charge in [-0.3, -0.25) is 4.40 Å². The maximum Gasteiger partial charge on any atom is 0.138 e. The predicted molar refractivity (Wildman–Crippen MR) is 74.4 cm³/mol. The molecule has 0 atom stereocenters. The SMILES string of the molecule is Cc1cccc(Nc2c(C)nc3ccccn23)c1. The molecule has 0 saturated carbocycles. The summed E-state index contributed by atoms with van der Waals surface area (Å²) in [6, 6.07) is 14.3. The highest BCUT2D eigenvalue weighted by atomic mass is 15.1. The maximum absolute atomic E-state index is 4.53. The summed E-state index contributed by atoms with van der Waals surface area (Å²) >= 11 is 0. The van der Waals surface area contributed by atoms with Gasteiger partial charge >= 0.3 is 0 Å². The lowest BCUT2D eigenvalue weighted by molar-refractivity contribution is 1.18. The second-order valence-electron chi connectivity index (χ2n) is 4.47. The molecule has 0 saturated heterocycles. The van der Waals surface area contributed by atoms with Gasteiger partial charge in [-0.05, 0) is 43.7 Å². The van der Waals surface area contributed by atoms with Gasteiger partial charge in [0.1, 0.15) is 11.5 Å². The van der Waals surface area contributed by atoms with Crippen LogP contribution in [-0.4, -0.2) is 9.38 Å². The van der Waals surface area contributed by atoms with Crippen LogP contribution < -0.4 is 5.32 Å². The summed E-state index contributed by atoms with van der Waals surface area (Å²) in [7, 11) is 0. The average Bonchev–Trinajstić information content (AvgIpc) is 2.66. The normalized spacial score (nSPS) is 10.8. The third-order valence-corrected chi connectivity index (χ3v) is 2.99. The highest BCUT2D eigenvalue weighted by Gasteiger charge is 2.07. The minimum atomic E-state index is 0.963. The van der Waals surface area contributed by atoms with Crippen molar-refractivity contribution in [1.29, 1.82) is 0 Å². The van der Waals surface area contributed by atoms with Crippen LogP contribution in [0.5, 0.6) is 0 Å².